The van der Waals surface area contributed by atoms with Crippen LogP contribution in [0.15, 0.2) is 4.99 Å². The average Bonchev–Trinajstić information content (AvgIpc) is 2.56. The number of amides is 1. The second-order valence-electron chi connectivity index (χ2n) is 6.52. The van der Waals surface area contributed by atoms with Crippen molar-refractivity contribution in [2.45, 2.75) is 36.9 Å². The standard InChI is InChI=1S/C16H30N4O2S.HI/c1-18-15(19-12-16(23-2)5-8-22-9-6-16)20-7-3-4-13(11-20)10-14(17)21;/h13H,3-12H2,1-2H3,(H2,17,21)(H,18,19);1H. The highest BCUT2D eigenvalue weighted by Crippen LogP contribution is 2.33. The predicted octanol–water partition coefficient (Wildman–Crippen LogP) is 1.68. The van der Waals surface area contributed by atoms with E-state index in [0.29, 0.717) is 12.3 Å². The Bertz CT molecular complexity index is 430. The molecule has 0 saturated carbocycles. The number of likely N-dealkylation sites (tertiary alicyclic amines) is 1. The van der Waals surface area contributed by atoms with Gasteiger partial charge < -0.3 is 20.7 Å². The van der Waals surface area contributed by atoms with Gasteiger partial charge in [-0.2, -0.15) is 11.8 Å². The smallest absolute Gasteiger partial charge is 0.217 e. The number of primary amides is 1. The van der Waals surface area contributed by atoms with Gasteiger partial charge in [-0.05, 0) is 37.9 Å². The van der Waals surface area contributed by atoms with Gasteiger partial charge >= 0.3 is 0 Å². The highest BCUT2D eigenvalue weighted by Gasteiger charge is 2.32. The Labute approximate surface area is 166 Å². The van der Waals surface area contributed by atoms with Gasteiger partial charge in [0.2, 0.25) is 5.91 Å². The minimum Gasteiger partial charge on any atom is -0.381 e. The van der Waals surface area contributed by atoms with Gasteiger partial charge in [0.25, 0.3) is 0 Å². The maximum atomic E-state index is 11.2. The third kappa shape index (κ3) is 6.25. The average molecular weight is 470 g/mol. The van der Waals surface area contributed by atoms with Crippen LogP contribution in [0.3, 0.4) is 0 Å². The molecular weight excluding hydrogens is 439 g/mol. The topological polar surface area (TPSA) is 80.0 Å². The van der Waals surface area contributed by atoms with Crippen molar-refractivity contribution in [2.24, 2.45) is 16.6 Å². The number of nitrogens with two attached hydrogens (primary N) is 1. The summed E-state index contributed by atoms with van der Waals surface area (Å²) in [6, 6.07) is 0. The van der Waals surface area contributed by atoms with Crippen molar-refractivity contribution in [2.75, 3.05) is 46.2 Å². The molecule has 2 saturated heterocycles. The van der Waals surface area contributed by atoms with Gasteiger partial charge in [0.1, 0.15) is 0 Å². The summed E-state index contributed by atoms with van der Waals surface area (Å²) in [4.78, 5) is 17.9. The number of nitrogens with one attached hydrogen (secondary N) is 1. The molecule has 0 spiro atoms. The van der Waals surface area contributed by atoms with Crippen molar-refractivity contribution >= 4 is 47.6 Å². The number of ether oxygens (including phenoxy) is 1. The van der Waals surface area contributed by atoms with E-state index < -0.39 is 0 Å². The summed E-state index contributed by atoms with van der Waals surface area (Å²) < 4.78 is 5.73. The number of piperidine rings is 1. The van der Waals surface area contributed by atoms with Gasteiger partial charge in [0.05, 0.1) is 0 Å². The number of carbonyl (C=O) groups excluding carboxylic acids is 1. The van der Waals surface area contributed by atoms with Crippen LogP contribution in [0.25, 0.3) is 0 Å². The molecule has 2 aliphatic heterocycles. The lowest BCUT2D eigenvalue weighted by Crippen LogP contribution is -2.51. The zero-order valence-electron chi connectivity index (χ0n) is 14.8. The molecule has 0 aliphatic carbocycles. The van der Waals surface area contributed by atoms with Gasteiger partial charge in [-0.1, -0.05) is 0 Å². The fourth-order valence-corrected chi connectivity index (χ4v) is 4.27. The molecule has 24 heavy (non-hydrogen) atoms. The molecule has 2 fully saturated rings. The van der Waals surface area contributed by atoms with Crippen LogP contribution in [0.4, 0.5) is 0 Å². The monoisotopic (exact) mass is 470 g/mol. The van der Waals surface area contributed by atoms with Crippen LogP contribution in [0.1, 0.15) is 32.1 Å². The lowest BCUT2D eigenvalue weighted by Gasteiger charge is -2.39. The van der Waals surface area contributed by atoms with Gasteiger partial charge in [0, 0.05) is 51.1 Å². The molecule has 2 heterocycles. The molecule has 2 rings (SSSR count). The third-order valence-corrected chi connectivity index (χ3v) is 6.34. The largest absolute Gasteiger partial charge is 0.381 e. The number of aliphatic imine (C=N–C) groups is 1. The van der Waals surface area contributed by atoms with Crippen LogP contribution < -0.4 is 11.1 Å². The molecule has 140 valence electrons. The first-order chi connectivity index (χ1) is 11.1. The first kappa shape index (κ1) is 21.8. The van der Waals surface area contributed by atoms with E-state index in [-0.39, 0.29) is 34.6 Å². The van der Waals surface area contributed by atoms with Crippen molar-refractivity contribution in [3.05, 3.63) is 0 Å². The van der Waals surface area contributed by atoms with Crippen molar-refractivity contribution in [3.8, 4) is 0 Å². The number of hydrogen-bond acceptors (Lipinski definition) is 4. The van der Waals surface area contributed by atoms with E-state index in [2.05, 4.69) is 21.5 Å². The number of rotatable bonds is 5. The second kappa shape index (κ2) is 10.7. The molecule has 2 aliphatic rings. The van der Waals surface area contributed by atoms with Crippen LogP contribution in [0, 0.1) is 5.92 Å². The van der Waals surface area contributed by atoms with Gasteiger partial charge in [-0.15, -0.1) is 24.0 Å². The predicted molar refractivity (Wildman–Crippen MR) is 111 cm³/mol. The maximum Gasteiger partial charge on any atom is 0.217 e. The SMILES string of the molecule is CN=C(NCC1(SC)CCOCC1)N1CCCC(CC(N)=O)C1.I. The Morgan fingerprint density at radius 3 is 2.75 bits per heavy atom. The Balaban J connectivity index is 0.00000288. The number of hydrogen-bond donors (Lipinski definition) is 2. The zero-order valence-corrected chi connectivity index (χ0v) is 17.9. The molecule has 6 nitrogen and oxygen atoms in total. The van der Waals surface area contributed by atoms with Crippen molar-refractivity contribution < 1.29 is 9.53 Å². The highest BCUT2D eigenvalue weighted by atomic mass is 127. The van der Waals surface area contributed by atoms with Gasteiger partial charge in [-0.3, -0.25) is 9.79 Å². The fourth-order valence-electron chi connectivity index (χ4n) is 3.48. The number of guanidine groups is 1. The molecule has 0 aromatic carbocycles. The number of thioether (sulfide) groups is 1. The first-order valence-electron chi connectivity index (χ1n) is 8.45. The van der Waals surface area contributed by atoms with Crippen LogP contribution >= 0.6 is 35.7 Å². The lowest BCUT2D eigenvalue weighted by molar-refractivity contribution is -0.119. The molecule has 1 unspecified atom stereocenters. The number of halogens is 1. The molecule has 0 radical (unpaired) electrons. The van der Waals surface area contributed by atoms with Gasteiger partial charge in [-0.25, -0.2) is 0 Å². The number of nitrogens with zero attached hydrogens (tertiary/aromatic N) is 2. The van der Waals surface area contributed by atoms with Crippen LogP contribution in [-0.4, -0.2) is 67.7 Å². The normalized spacial score (nSPS) is 24.2. The summed E-state index contributed by atoms with van der Waals surface area (Å²) in [5.74, 6) is 1.08. The Morgan fingerprint density at radius 2 is 2.17 bits per heavy atom. The summed E-state index contributed by atoms with van der Waals surface area (Å²) in [5, 5.41) is 3.56. The molecule has 3 N–H and O–H groups in total. The minimum atomic E-state index is -0.205. The summed E-state index contributed by atoms with van der Waals surface area (Å²) in [6.45, 7) is 4.43. The van der Waals surface area contributed by atoms with Crippen molar-refractivity contribution in [1.82, 2.24) is 10.2 Å². The summed E-state index contributed by atoms with van der Waals surface area (Å²) in [6.07, 6.45) is 6.95. The van der Waals surface area contributed by atoms with Crippen LogP contribution in [0.2, 0.25) is 0 Å². The first-order valence-corrected chi connectivity index (χ1v) is 9.68. The summed E-state index contributed by atoms with van der Waals surface area (Å²) in [7, 11) is 1.83. The van der Waals surface area contributed by atoms with E-state index in [0.717, 1.165) is 64.5 Å². The molecule has 0 aromatic rings. The molecule has 1 atom stereocenters. The van der Waals surface area contributed by atoms with E-state index in [9.17, 15) is 4.79 Å². The Morgan fingerprint density at radius 1 is 1.46 bits per heavy atom. The molecule has 8 heteroatoms. The molecule has 0 aromatic heterocycles. The van der Waals surface area contributed by atoms with Gasteiger partial charge in [0.15, 0.2) is 5.96 Å². The Hall–Kier alpha value is -0.220. The quantitative estimate of drug-likeness (QED) is 0.363. The van der Waals surface area contributed by atoms with E-state index in [1.807, 2.05) is 18.8 Å². The van der Waals surface area contributed by atoms with Crippen LogP contribution in [-0.2, 0) is 9.53 Å². The van der Waals surface area contributed by atoms with Crippen molar-refractivity contribution in [3.63, 3.8) is 0 Å². The second-order valence-corrected chi connectivity index (χ2v) is 7.80. The van der Waals surface area contributed by atoms with E-state index in [1.165, 1.54) is 0 Å². The van der Waals surface area contributed by atoms with E-state index in [1.54, 1.807) is 0 Å². The summed E-state index contributed by atoms with van der Waals surface area (Å²) in [5.41, 5.74) is 5.35. The molecular formula is C16H31IN4O2S. The van der Waals surface area contributed by atoms with Crippen LogP contribution in [0.5, 0.6) is 0 Å². The lowest BCUT2D eigenvalue weighted by atomic mass is 9.94. The highest BCUT2D eigenvalue weighted by molar-refractivity contribution is 14.0. The third-order valence-electron chi connectivity index (χ3n) is 4.93. The van der Waals surface area contributed by atoms with Crippen molar-refractivity contribution in [1.29, 1.82) is 0 Å². The maximum absolute atomic E-state index is 11.2. The van der Waals surface area contributed by atoms with E-state index >= 15 is 0 Å². The summed E-state index contributed by atoms with van der Waals surface area (Å²) >= 11 is 1.92. The zero-order chi connectivity index (χ0) is 16.7. The van der Waals surface area contributed by atoms with E-state index in [4.69, 9.17) is 10.5 Å². The minimum absolute atomic E-state index is 0. The molecule has 0 bridgehead atoms. The fraction of sp³-hybridized carbons (Fsp3) is 0.875. The Kier molecular flexibility index (Phi) is 9.73. The number of carbonyl (C=O) groups is 1. The molecule has 1 amide bonds.